The van der Waals surface area contributed by atoms with Crippen molar-refractivity contribution in [2.75, 3.05) is 5.75 Å². The first-order chi connectivity index (χ1) is 12.2. The van der Waals surface area contributed by atoms with Crippen molar-refractivity contribution >= 4 is 19.7 Å². The maximum Gasteiger partial charge on any atom is 0.206 e. The third-order valence-corrected chi connectivity index (χ3v) is 8.36. The van der Waals surface area contributed by atoms with Crippen LogP contribution in [0.2, 0.25) is 0 Å². The van der Waals surface area contributed by atoms with E-state index in [0.717, 1.165) is 0 Å². The lowest BCUT2D eigenvalue weighted by atomic mass is 10.1. The van der Waals surface area contributed by atoms with E-state index in [0.29, 0.717) is 0 Å². The first-order valence-corrected chi connectivity index (χ1v) is 11.3. The lowest BCUT2D eigenvalue weighted by Gasteiger charge is -2.17. The van der Waals surface area contributed by atoms with Gasteiger partial charge in [-0.15, -0.1) is 0 Å². The number of allylic oxidation sites excluding steroid dienone is 1. The van der Waals surface area contributed by atoms with Crippen LogP contribution in [0.3, 0.4) is 0 Å². The second-order valence-electron chi connectivity index (χ2n) is 6.28. The molecule has 0 fully saturated rings. The van der Waals surface area contributed by atoms with E-state index >= 15 is 0 Å². The molecule has 5 nitrogen and oxygen atoms in total. The Bertz CT molecular complexity index is 1020. The predicted octanol–water partition coefficient (Wildman–Crippen LogP) is 3.20. The monoisotopic (exact) mass is 392 g/mol. The summed E-state index contributed by atoms with van der Waals surface area (Å²) in [4.78, 5) is 0.529. The second-order valence-corrected chi connectivity index (χ2v) is 10.2. The topological polar surface area (TPSA) is 77.5 Å². The fourth-order valence-electron chi connectivity index (χ4n) is 3.16. The molecule has 2 aromatic carbocycles. The van der Waals surface area contributed by atoms with E-state index in [1.807, 2.05) is 0 Å². The van der Waals surface area contributed by atoms with Gasteiger partial charge in [-0.2, -0.15) is 0 Å². The molecule has 2 aromatic rings. The number of rotatable bonds is 5. The van der Waals surface area contributed by atoms with Crippen molar-refractivity contribution in [2.24, 2.45) is 5.92 Å². The number of sulfone groups is 2. The van der Waals surface area contributed by atoms with Crippen molar-refractivity contribution in [2.45, 2.75) is 29.7 Å². The molecule has 0 aliphatic carbocycles. The molecule has 0 amide bonds. The zero-order valence-corrected chi connectivity index (χ0v) is 16.1. The van der Waals surface area contributed by atoms with Crippen LogP contribution < -0.4 is 0 Å². The molecule has 0 aromatic heterocycles. The zero-order chi connectivity index (χ0) is 18.9. The molecule has 0 saturated carbocycles. The van der Waals surface area contributed by atoms with Crippen LogP contribution in [-0.4, -0.2) is 28.7 Å². The molecular formula is C19H20O5S2. The first-order valence-electron chi connectivity index (χ1n) is 8.19. The molecular weight excluding hydrogens is 372 g/mol. The van der Waals surface area contributed by atoms with Gasteiger partial charge in [0, 0.05) is 5.92 Å². The van der Waals surface area contributed by atoms with Gasteiger partial charge in [-0.1, -0.05) is 43.3 Å². The molecule has 0 saturated heterocycles. The SMILES string of the molecule is CC1=C(S(=O)(=O)c2ccccc2)[C@@H](C)[C@H](CS(=O)(=O)c2ccccc2)O1. The fourth-order valence-corrected chi connectivity index (χ4v) is 6.55. The summed E-state index contributed by atoms with van der Waals surface area (Å²) < 4.78 is 56.8. The Hall–Kier alpha value is -2.12. The molecule has 1 aliphatic rings. The molecule has 0 unspecified atom stereocenters. The van der Waals surface area contributed by atoms with Gasteiger partial charge in [0.15, 0.2) is 9.84 Å². The van der Waals surface area contributed by atoms with Crippen molar-refractivity contribution in [3.05, 3.63) is 71.3 Å². The second kappa shape index (κ2) is 6.89. The molecule has 1 heterocycles. The summed E-state index contributed by atoms with van der Waals surface area (Å²) in [6, 6.07) is 16.2. The number of benzene rings is 2. The van der Waals surface area contributed by atoms with Crippen LogP contribution in [0.15, 0.2) is 81.1 Å². The number of ether oxygens (including phenoxy) is 1. The highest BCUT2D eigenvalue weighted by Crippen LogP contribution is 2.38. The third kappa shape index (κ3) is 3.41. The standard InChI is InChI=1S/C19H20O5S2/c1-14-18(13-25(20,21)16-9-5-3-6-10-16)24-15(2)19(14)26(22,23)17-11-7-4-8-12-17/h3-12,14,18H,13H2,1-2H3/t14-,18-/m0/s1. The van der Waals surface area contributed by atoms with Crippen LogP contribution >= 0.6 is 0 Å². The Balaban J connectivity index is 1.88. The van der Waals surface area contributed by atoms with Crippen LogP contribution in [-0.2, 0) is 24.4 Å². The fraction of sp³-hybridized carbons (Fsp3) is 0.263. The van der Waals surface area contributed by atoms with Gasteiger partial charge in [-0.3, -0.25) is 0 Å². The summed E-state index contributed by atoms with van der Waals surface area (Å²) in [5.74, 6) is -0.572. The van der Waals surface area contributed by atoms with Crippen molar-refractivity contribution in [3.63, 3.8) is 0 Å². The smallest absolute Gasteiger partial charge is 0.206 e. The summed E-state index contributed by atoms with van der Waals surface area (Å²) in [6.07, 6.45) is -0.742. The summed E-state index contributed by atoms with van der Waals surface area (Å²) in [6.45, 7) is 3.26. The maximum atomic E-state index is 12.9. The summed E-state index contributed by atoms with van der Waals surface area (Å²) in [5.41, 5.74) is 0. The van der Waals surface area contributed by atoms with Gasteiger partial charge in [-0.05, 0) is 31.2 Å². The molecule has 7 heteroatoms. The van der Waals surface area contributed by atoms with Gasteiger partial charge in [-0.25, -0.2) is 16.8 Å². The molecule has 0 radical (unpaired) electrons. The van der Waals surface area contributed by atoms with Gasteiger partial charge >= 0.3 is 0 Å². The summed E-state index contributed by atoms with van der Waals surface area (Å²) in [7, 11) is -7.31. The van der Waals surface area contributed by atoms with E-state index in [4.69, 9.17) is 4.74 Å². The molecule has 2 atom stereocenters. The van der Waals surface area contributed by atoms with E-state index in [9.17, 15) is 16.8 Å². The van der Waals surface area contributed by atoms with Crippen molar-refractivity contribution < 1.29 is 21.6 Å². The maximum absolute atomic E-state index is 12.9. The van der Waals surface area contributed by atoms with E-state index in [-0.39, 0.29) is 26.2 Å². The Labute approximate surface area is 154 Å². The quantitative estimate of drug-likeness (QED) is 0.781. The zero-order valence-electron chi connectivity index (χ0n) is 14.5. The molecule has 0 spiro atoms. The minimum atomic E-state index is -3.73. The highest BCUT2D eigenvalue weighted by Gasteiger charge is 2.41. The van der Waals surface area contributed by atoms with Crippen LogP contribution in [0.5, 0.6) is 0 Å². The van der Waals surface area contributed by atoms with Gasteiger partial charge in [0.1, 0.15) is 11.9 Å². The van der Waals surface area contributed by atoms with E-state index in [1.54, 1.807) is 50.2 Å². The number of hydrogen-bond acceptors (Lipinski definition) is 5. The molecule has 0 N–H and O–H groups in total. The lowest BCUT2D eigenvalue weighted by Crippen LogP contribution is -2.27. The Morgan fingerprint density at radius 1 is 0.846 bits per heavy atom. The third-order valence-electron chi connectivity index (χ3n) is 4.48. The molecule has 26 heavy (non-hydrogen) atoms. The molecule has 138 valence electrons. The van der Waals surface area contributed by atoms with E-state index in [1.165, 1.54) is 24.3 Å². The lowest BCUT2D eigenvalue weighted by molar-refractivity contribution is 0.138. The average Bonchev–Trinajstić information content (AvgIpc) is 2.90. The Morgan fingerprint density at radius 3 is 1.88 bits per heavy atom. The summed E-state index contributed by atoms with van der Waals surface area (Å²) in [5, 5.41) is 0. The Morgan fingerprint density at radius 2 is 1.35 bits per heavy atom. The van der Waals surface area contributed by atoms with Crippen LogP contribution in [0.1, 0.15) is 13.8 Å². The van der Waals surface area contributed by atoms with Gasteiger partial charge in [0.25, 0.3) is 0 Å². The molecule has 1 aliphatic heterocycles. The van der Waals surface area contributed by atoms with E-state index < -0.39 is 31.7 Å². The largest absolute Gasteiger partial charge is 0.492 e. The molecule has 3 rings (SSSR count). The number of hydrogen-bond donors (Lipinski definition) is 0. The highest BCUT2D eigenvalue weighted by atomic mass is 32.2. The molecule has 0 bridgehead atoms. The normalized spacial score (nSPS) is 20.8. The van der Waals surface area contributed by atoms with Crippen LogP contribution in [0, 0.1) is 5.92 Å². The predicted molar refractivity (Wildman–Crippen MR) is 98.9 cm³/mol. The minimum absolute atomic E-state index is 0.150. The summed E-state index contributed by atoms with van der Waals surface area (Å²) >= 11 is 0. The van der Waals surface area contributed by atoms with Crippen molar-refractivity contribution in [1.82, 2.24) is 0 Å². The van der Waals surface area contributed by atoms with Crippen LogP contribution in [0.4, 0.5) is 0 Å². The van der Waals surface area contributed by atoms with Gasteiger partial charge in [0.2, 0.25) is 9.84 Å². The minimum Gasteiger partial charge on any atom is -0.492 e. The van der Waals surface area contributed by atoms with Crippen LogP contribution in [0.25, 0.3) is 0 Å². The average molecular weight is 392 g/mol. The Kier molecular flexibility index (Phi) is 4.94. The van der Waals surface area contributed by atoms with Crippen molar-refractivity contribution in [1.29, 1.82) is 0 Å². The van der Waals surface area contributed by atoms with Gasteiger partial charge < -0.3 is 4.74 Å². The van der Waals surface area contributed by atoms with E-state index in [2.05, 4.69) is 0 Å². The first kappa shape index (κ1) is 18.7. The van der Waals surface area contributed by atoms with Crippen molar-refractivity contribution in [3.8, 4) is 0 Å². The highest BCUT2D eigenvalue weighted by molar-refractivity contribution is 7.95. The van der Waals surface area contributed by atoms with Gasteiger partial charge in [0.05, 0.1) is 20.4 Å².